The number of aliphatic carboxylic acids is 1. The Bertz CT molecular complexity index is 979. The Balaban J connectivity index is 0.000000336. The maximum Gasteiger partial charge on any atom is 0.311 e. The van der Waals surface area contributed by atoms with E-state index in [1.54, 1.807) is 18.2 Å². The number of aryl methyl sites for hydroxylation is 1. The molecule has 2 aliphatic carbocycles. The molecule has 37 heavy (non-hydrogen) atoms. The molecule has 1 heterocycles. The van der Waals surface area contributed by atoms with Gasteiger partial charge in [-0.15, -0.1) is 0 Å². The molecule has 0 atom stereocenters. The molecule has 8 nitrogen and oxygen atoms in total. The smallest absolute Gasteiger partial charge is 0.311 e. The van der Waals surface area contributed by atoms with Crippen molar-refractivity contribution in [1.82, 2.24) is 5.32 Å². The molecule has 2 N–H and O–H groups in total. The van der Waals surface area contributed by atoms with Gasteiger partial charge in [-0.25, -0.2) is 0 Å². The second-order valence-electron chi connectivity index (χ2n) is 9.66. The van der Waals surface area contributed by atoms with Crippen molar-refractivity contribution in [2.45, 2.75) is 84.0 Å². The normalized spacial score (nSPS) is 19.2. The lowest BCUT2D eigenvalue weighted by molar-refractivity contribution is -0.138. The minimum Gasteiger partial charge on any atom is -0.481 e. The van der Waals surface area contributed by atoms with Gasteiger partial charge in [0, 0.05) is 12.8 Å². The molecule has 0 unspecified atom stereocenters. The first-order chi connectivity index (χ1) is 17.8. The first-order valence-electron chi connectivity index (χ1n) is 12.9. The highest BCUT2D eigenvalue weighted by Crippen LogP contribution is 2.29. The van der Waals surface area contributed by atoms with Crippen molar-refractivity contribution < 1.29 is 33.8 Å². The number of carboxylic acid groups (broad SMARTS) is 1. The summed E-state index contributed by atoms with van der Waals surface area (Å²) in [4.78, 5) is 53.6. The monoisotopic (exact) mass is 531 g/mol. The Morgan fingerprint density at radius 2 is 1.57 bits per heavy atom. The Kier molecular flexibility index (Phi) is 13.1. The van der Waals surface area contributed by atoms with Gasteiger partial charge in [0.15, 0.2) is 0 Å². The average molecular weight is 532 g/mol. The lowest BCUT2D eigenvalue weighted by Crippen LogP contribution is -2.17. The van der Waals surface area contributed by atoms with E-state index in [9.17, 15) is 19.2 Å². The van der Waals surface area contributed by atoms with Crippen molar-refractivity contribution >= 4 is 47.7 Å². The topological polar surface area (TPSA) is 127 Å². The van der Waals surface area contributed by atoms with Crippen LogP contribution in [0.5, 0.6) is 5.75 Å². The van der Waals surface area contributed by atoms with Gasteiger partial charge >= 0.3 is 11.9 Å². The van der Waals surface area contributed by atoms with E-state index < -0.39 is 5.97 Å². The molecule has 3 fully saturated rings. The molecule has 1 aromatic rings. The number of amides is 2. The summed E-state index contributed by atoms with van der Waals surface area (Å²) in [7, 11) is 0. The summed E-state index contributed by atoms with van der Waals surface area (Å²) in [6.45, 7) is 3.86. The summed E-state index contributed by atoms with van der Waals surface area (Å²) in [6.07, 6.45) is 14.4. The Hall–Kier alpha value is -2.94. The van der Waals surface area contributed by atoms with Crippen LogP contribution in [-0.4, -0.2) is 35.0 Å². The zero-order chi connectivity index (χ0) is 27.2. The lowest BCUT2D eigenvalue weighted by atomic mass is 9.87. The summed E-state index contributed by atoms with van der Waals surface area (Å²) in [5.41, 5.74) is 1.61. The number of benzene rings is 1. The molecule has 1 aliphatic heterocycles. The third-order valence-electron chi connectivity index (χ3n) is 6.73. The van der Waals surface area contributed by atoms with Crippen LogP contribution in [0.25, 0.3) is 6.08 Å². The van der Waals surface area contributed by atoms with E-state index >= 15 is 0 Å². The van der Waals surface area contributed by atoms with Crippen LogP contribution in [0.3, 0.4) is 0 Å². The summed E-state index contributed by atoms with van der Waals surface area (Å²) < 4.78 is 5.51. The SMILES string of the molecule is C=O.Cc1cc(/C=C2\SC(=O)NC2=O)ccc1OC(=O)CC1CCCCC1.O=C(O)CC1CCCCC1. The number of rotatable bonds is 6. The maximum absolute atomic E-state index is 12.1. The Morgan fingerprint density at radius 3 is 2.05 bits per heavy atom. The van der Waals surface area contributed by atoms with E-state index in [2.05, 4.69) is 5.32 Å². The van der Waals surface area contributed by atoms with Crippen molar-refractivity contribution in [3.8, 4) is 5.75 Å². The second-order valence-corrected chi connectivity index (χ2v) is 10.7. The molecule has 1 saturated heterocycles. The van der Waals surface area contributed by atoms with Crippen LogP contribution >= 0.6 is 11.8 Å². The van der Waals surface area contributed by atoms with Crippen LogP contribution in [0.2, 0.25) is 0 Å². The van der Waals surface area contributed by atoms with Crippen molar-refractivity contribution in [1.29, 1.82) is 0 Å². The average Bonchev–Trinajstić information content (AvgIpc) is 3.19. The van der Waals surface area contributed by atoms with Crippen LogP contribution in [0.1, 0.15) is 88.2 Å². The van der Waals surface area contributed by atoms with Crippen LogP contribution < -0.4 is 10.1 Å². The molecular formula is C28H37NO7S. The third-order valence-corrected chi connectivity index (χ3v) is 7.54. The Labute approximate surface area is 222 Å². The van der Waals surface area contributed by atoms with Crippen molar-refractivity contribution in [2.75, 3.05) is 0 Å². The number of thioether (sulfide) groups is 1. The van der Waals surface area contributed by atoms with E-state index in [1.165, 1.54) is 38.5 Å². The van der Waals surface area contributed by atoms with Crippen LogP contribution in [0, 0.1) is 18.8 Å². The molecule has 0 bridgehead atoms. The number of hydrogen-bond acceptors (Lipinski definition) is 7. The number of ether oxygens (including phenoxy) is 1. The van der Waals surface area contributed by atoms with E-state index in [1.807, 2.05) is 19.8 Å². The molecule has 4 rings (SSSR count). The number of carboxylic acids is 1. The van der Waals surface area contributed by atoms with Crippen LogP contribution in [0.4, 0.5) is 4.79 Å². The molecular weight excluding hydrogens is 494 g/mol. The highest BCUT2D eigenvalue weighted by Gasteiger charge is 2.25. The number of imide groups is 1. The fourth-order valence-corrected chi connectivity index (χ4v) is 5.56. The first-order valence-corrected chi connectivity index (χ1v) is 13.7. The highest BCUT2D eigenvalue weighted by molar-refractivity contribution is 8.18. The number of carbonyl (C=O) groups excluding carboxylic acids is 4. The van der Waals surface area contributed by atoms with Crippen molar-refractivity contribution in [2.24, 2.45) is 11.8 Å². The zero-order valence-corrected chi connectivity index (χ0v) is 22.3. The molecule has 0 radical (unpaired) electrons. The number of carbonyl (C=O) groups is 5. The largest absolute Gasteiger partial charge is 0.481 e. The first kappa shape index (κ1) is 30.3. The zero-order valence-electron chi connectivity index (χ0n) is 21.5. The number of nitrogens with one attached hydrogen (secondary N) is 1. The summed E-state index contributed by atoms with van der Waals surface area (Å²) in [6, 6.07) is 5.35. The molecule has 2 amide bonds. The summed E-state index contributed by atoms with van der Waals surface area (Å²) in [5, 5.41) is 10.3. The van der Waals surface area contributed by atoms with Gasteiger partial charge in [0.25, 0.3) is 11.1 Å². The molecule has 9 heteroatoms. The lowest BCUT2D eigenvalue weighted by Gasteiger charge is -2.20. The minimum atomic E-state index is -0.632. The van der Waals surface area contributed by atoms with Gasteiger partial charge in [-0.1, -0.05) is 44.6 Å². The van der Waals surface area contributed by atoms with E-state index in [0.717, 1.165) is 48.6 Å². The standard InChI is InChI=1S/C19H21NO4S.C8H14O2.CH2O/c1-12-9-14(10-16-18(22)20-19(23)25-16)7-8-15(12)24-17(21)11-13-5-3-2-4-6-13;9-8(10)6-7-4-2-1-3-5-7;1-2/h7-10,13H,2-6,11H2,1H3,(H,20,22,23);7H,1-6H2,(H,9,10);1H2/b16-10-;;. The predicted molar refractivity (Wildman–Crippen MR) is 143 cm³/mol. The van der Waals surface area contributed by atoms with Gasteiger partial charge in [0.05, 0.1) is 4.91 Å². The quantitative estimate of drug-likeness (QED) is 0.258. The van der Waals surface area contributed by atoms with E-state index in [0.29, 0.717) is 35.3 Å². The summed E-state index contributed by atoms with van der Waals surface area (Å²) in [5.74, 6) is 0.273. The minimum absolute atomic E-state index is 0.183. The van der Waals surface area contributed by atoms with E-state index in [-0.39, 0.29) is 17.1 Å². The fourth-order valence-electron chi connectivity index (χ4n) is 4.88. The van der Waals surface area contributed by atoms with Crippen molar-refractivity contribution in [3.05, 3.63) is 34.2 Å². The molecule has 0 spiro atoms. The third kappa shape index (κ3) is 10.9. The fraction of sp³-hybridized carbons (Fsp3) is 0.536. The Morgan fingerprint density at radius 1 is 1.00 bits per heavy atom. The second kappa shape index (κ2) is 16.0. The molecule has 1 aromatic carbocycles. The van der Waals surface area contributed by atoms with Crippen molar-refractivity contribution in [3.63, 3.8) is 0 Å². The predicted octanol–water partition coefficient (Wildman–Crippen LogP) is 6.05. The molecule has 202 valence electrons. The van der Waals surface area contributed by atoms with Gasteiger partial charge in [0.2, 0.25) is 0 Å². The van der Waals surface area contributed by atoms with Gasteiger partial charge in [-0.3, -0.25) is 24.5 Å². The maximum atomic E-state index is 12.1. The number of esters is 1. The summed E-state index contributed by atoms with van der Waals surface area (Å²) >= 11 is 0.885. The molecule has 3 aliphatic rings. The van der Waals surface area contributed by atoms with Crippen LogP contribution in [0.15, 0.2) is 23.1 Å². The van der Waals surface area contributed by atoms with Gasteiger partial charge in [-0.05, 0) is 85.5 Å². The number of hydrogen-bond donors (Lipinski definition) is 2. The highest BCUT2D eigenvalue weighted by atomic mass is 32.2. The van der Waals surface area contributed by atoms with Gasteiger partial charge in [0.1, 0.15) is 12.5 Å². The van der Waals surface area contributed by atoms with Gasteiger partial charge < -0.3 is 14.6 Å². The molecule has 2 saturated carbocycles. The van der Waals surface area contributed by atoms with Crippen LogP contribution in [-0.2, 0) is 19.2 Å². The van der Waals surface area contributed by atoms with E-state index in [4.69, 9.17) is 14.6 Å². The molecule has 0 aromatic heterocycles. The van der Waals surface area contributed by atoms with Gasteiger partial charge in [-0.2, -0.15) is 0 Å².